The maximum atomic E-state index is 12.0. The summed E-state index contributed by atoms with van der Waals surface area (Å²) in [5.41, 5.74) is 1.51. The summed E-state index contributed by atoms with van der Waals surface area (Å²) in [6, 6.07) is 16.3. The molecule has 2 aromatic rings. The van der Waals surface area contributed by atoms with Crippen LogP contribution in [0.5, 0.6) is 5.75 Å². The van der Waals surface area contributed by atoms with E-state index in [1.165, 1.54) is 0 Å². The molecule has 2 rings (SSSR count). The van der Waals surface area contributed by atoms with Gasteiger partial charge in [0, 0.05) is 12.1 Å². The van der Waals surface area contributed by atoms with Crippen molar-refractivity contribution in [1.82, 2.24) is 10.6 Å². The molecule has 0 aromatic heterocycles. The molecule has 148 valence electrons. The molecule has 7 nitrogen and oxygen atoms in total. The van der Waals surface area contributed by atoms with Crippen molar-refractivity contribution >= 4 is 17.8 Å². The minimum absolute atomic E-state index is 0.316. The van der Waals surface area contributed by atoms with E-state index in [0.29, 0.717) is 30.9 Å². The van der Waals surface area contributed by atoms with E-state index in [1.54, 1.807) is 24.3 Å². The lowest BCUT2D eigenvalue weighted by molar-refractivity contribution is -0.147. The lowest BCUT2D eigenvalue weighted by Crippen LogP contribution is -2.34. The summed E-state index contributed by atoms with van der Waals surface area (Å²) < 4.78 is 10.2. The van der Waals surface area contributed by atoms with E-state index >= 15 is 0 Å². The molecule has 7 heteroatoms. The van der Waals surface area contributed by atoms with Crippen LogP contribution in [0.15, 0.2) is 54.6 Å². The highest BCUT2D eigenvalue weighted by molar-refractivity contribution is 5.96. The van der Waals surface area contributed by atoms with Crippen LogP contribution >= 0.6 is 0 Å². The van der Waals surface area contributed by atoms with Gasteiger partial charge in [0.15, 0.2) is 6.61 Å². The summed E-state index contributed by atoms with van der Waals surface area (Å²) in [5, 5.41) is 5.13. The van der Waals surface area contributed by atoms with E-state index in [0.717, 1.165) is 5.56 Å². The van der Waals surface area contributed by atoms with Gasteiger partial charge in [0.25, 0.3) is 11.8 Å². The molecule has 0 saturated heterocycles. The second-order valence-corrected chi connectivity index (χ2v) is 5.89. The Morgan fingerprint density at radius 1 is 0.929 bits per heavy atom. The SMILES string of the molecule is CCOc1ccc(C(=O)NCC(=O)OCC(=O)NCCc2ccccc2)cc1. The van der Waals surface area contributed by atoms with E-state index in [-0.39, 0.29) is 19.1 Å². The van der Waals surface area contributed by atoms with Gasteiger partial charge in [-0.15, -0.1) is 0 Å². The van der Waals surface area contributed by atoms with Crippen LogP contribution in [0.25, 0.3) is 0 Å². The molecular weight excluding hydrogens is 360 g/mol. The van der Waals surface area contributed by atoms with Crippen molar-refractivity contribution in [3.63, 3.8) is 0 Å². The quantitative estimate of drug-likeness (QED) is 0.609. The Labute approximate surface area is 164 Å². The number of ether oxygens (including phenoxy) is 2. The first-order chi connectivity index (χ1) is 13.6. The van der Waals surface area contributed by atoms with Crippen molar-refractivity contribution in [3.8, 4) is 5.75 Å². The largest absolute Gasteiger partial charge is 0.494 e. The Morgan fingerprint density at radius 2 is 1.64 bits per heavy atom. The number of benzene rings is 2. The van der Waals surface area contributed by atoms with Crippen molar-refractivity contribution in [2.45, 2.75) is 13.3 Å². The van der Waals surface area contributed by atoms with Crippen molar-refractivity contribution in [3.05, 3.63) is 65.7 Å². The number of hydrogen-bond donors (Lipinski definition) is 2. The zero-order chi connectivity index (χ0) is 20.2. The topological polar surface area (TPSA) is 93.7 Å². The summed E-state index contributed by atoms with van der Waals surface area (Å²) in [6.07, 6.45) is 0.693. The molecule has 0 heterocycles. The molecule has 0 radical (unpaired) electrons. The van der Waals surface area contributed by atoms with Crippen molar-refractivity contribution < 1.29 is 23.9 Å². The van der Waals surface area contributed by atoms with Gasteiger partial charge in [0.2, 0.25) is 0 Å². The molecule has 0 unspecified atom stereocenters. The Bertz CT molecular complexity index is 775. The van der Waals surface area contributed by atoms with E-state index < -0.39 is 11.9 Å². The summed E-state index contributed by atoms with van der Waals surface area (Å²) >= 11 is 0. The first-order valence-corrected chi connectivity index (χ1v) is 9.05. The fourth-order valence-corrected chi connectivity index (χ4v) is 2.36. The van der Waals surface area contributed by atoms with Gasteiger partial charge in [0.1, 0.15) is 12.3 Å². The van der Waals surface area contributed by atoms with Crippen LogP contribution in [0, 0.1) is 0 Å². The average molecular weight is 384 g/mol. The number of carbonyl (C=O) groups excluding carboxylic acids is 3. The first kappa shape index (κ1) is 21.0. The molecule has 0 bridgehead atoms. The van der Waals surface area contributed by atoms with Crippen LogP contribution in [-0.2, 0) is 20.7 Å². The van der Waals surface area contributed by atoms with Gasteiger partial charge in [-0.1, -0.05) is 30.3 Å². The summed E-state index contributed by atoms with van der Waals surface area (Å²) in [6.45, 7) is 2.16. The van der Waals surface area contributed by atoms with Crippen LogP contribution < -0.4 is 15.4 Å². The van der Waals surface area contributed by atoms with Gasteiger partial charge < -0.3 is 20.1 Å². The van der Waals surface area contributed by atoms with E-state index in [9.17, 15) is 14.4 Å². The maximum Gasteiger partial charge on any atom is 0.325 e. The molecular formula is C21H24N2O5. The highest BCUT2D eigenvalue weighted by Gasteiger charge is 2.11. The maximum absolute atomic E-state index is 12.0. The summed E-state index contributed by atoms with van der Waals surface area (Å²) in [7, 11) is 0. The Balaban J connectivity index is 1.62. The highest BCUT2D eigenvalue weighted by atomic mass is 16.5. The zero-order valence-electron chi connectivity index (χ0n) is 15.8. The zero-order valence-corrected chi connectivity index (χ0v) is 15.8. The standard InChI is InChI=1S/C21H24N2O5/c1-2-27-18-10-8-17(9-11-18)21(26)23-14-20(25)28-15-19(24)22-13-12-16-6-4-3-5-7-16/h3-11H,2,12-15H2,1H3,(H,22,24)(H,23,26). The van der Waals surface area contributed by atoms with Crippen molar-refractivity contribution in [1.29, 1.82) is 0 Å². The summed E-state index contributed by atoms with van der Waals surface area (Å²) in [4.78, 5) is 35.4. The molecule has 0 aliphatic carbocycles. The van der Waals surface area contributed by atoms with Crippen LogP contribution in [0.3, 0.4) is 0 Å². The molecule has 0 atom stereocenters. The van der Waals surface area contributed by atoms with E-state index in [1.807, 2.05) is 37.3 Å². The minimum Gasteiger partial charge on any atom is -0.494 e. The third-order valence-electron chi connectivity index (χ3n) is 3.76. The third kappa shape index (κ3) is 7.49. The molecule has 2 N–H and O–H groups in total. The number of amides is 2. The average Bonchev–Trinajstić information content (AvgIpc) is 2.72. The molecule has 2 amide bonds. The second-order valence-electron chi connectivity index (χ2n) is 5.89. The fraction of sp³-hybridized carbons (Fsp3) is 0.286. The van der Waals surface area contributed by atoms with Crippen molar-refractivity contribution in [2.24, 2.45) is 0 Å². The van der Waals surface area contributed by atoms with Gasteiger partial charge >= 0.3 is 5.97 Å². The molecule has 0 saturated carbocycles. The smallest absolute Gasteiger partial charge is 0.325 e. The number of nitrogens with one attached hydrogen (secondary N) is 2. The Morgan fingerprint density at radius 3 is 2.32 bits per heavy atom. The van der Waals surface area contributed by atoms with Gasteiger partial charge in [-0.05, 0) is 43.2 Å². The Kier molecular flexibility index (Phi) is 8.52. The van der Waals surface area contributed by atoms with Gasteiger partial charge in [-0.25, -0.2) is 0 Å². The van der Waals surface area contributed by atoms with E-state index in [2.05, 4.69) is 10.6 Å². The molecule has 0 aliphatic rings. The lowest BCUT2D eigenvalue weighted by atomic mass is 10.1. The lowest BCUT2D eigenvalue weighted by Gasteiger charge is -2.08. The van der Waals surface area contributed by atoms with Gasteiger partial charge in [0.05, 0.1) is 6.61 Å². The summed E-state index contributed by atoms with van der Waals surface area (Å²) in [5.74, 6) is -0.816. The number of rotatable bonds is 10. The van der Waals surface area contributed by atoms with Crippen LogP contribution in [0.2, 0.25) is 0 Å². The van der Waals surface area contributed by atoms with Gasteiger partial charge in [-0.3, -0.25) is 14.4 Å². The fourth-order valence-electron chi connectivity index (χ4n) is 2.36. The number of carbonyl (C=O) groups is 3. The third-order valence-corrected chi connectivity index (χ3v) is 3.76. The number of hydrogen-bond acceptors (Lipinski definition) is 5. The van der Waals surface area contributed by atoms with Crippen LogP contribution in [0.4, 0.5) is 0 Å². The van der Waals surface area contributed by atoms with Crippen molar-refractivity contribution in [2.75, 3.05) is 26.3 Å². The van der Waals surface area contributed by atoms with Crippen LogP contribution in [0.1, 0.15) is 22.8 Å². The number of esters is 1. The minimum atomic E-state index is -0.683. The normalized spacial score (nSPS) is 10.0. The molecule has 0 spiro atoms. The molecule has 0 aliphatic heterocycles. The molecule has 28 heavy (non-hydrogen) atoms. The predicted molar refractivity (Wildman–Crippen MR) is 104 cm³/mol. The molecule has 0 fully saturated rings. The van der Waals surface area contributed by atoms with Crippen LogP contribution in [-0.4, -0.2) is 44.1 Å². The molecule has 2 aromatic carbocycles. The van der Waals surface area contributed by atoms with Gasteiger partial charge in [-0.2, -0.15) is 0 Å². The second kappa shape index (κ2) is 11.4. The Hall–Kier alpha value is -3.35. The predicted octanol–water partition coefficient (Wildman–Crippen LogP) is 1.72. The first-order valence-electron chi connectivity index (χ1n) is 9.05. The highest BCUT2D eigenvalue weighted by Crippen LogP contribution is 2.11. The monoisotopic (exact) mass is 384 g/mol. The van der Waals surface area contributed by atoms with E-state index in [4.69, 9.17) is 9.47 Å².